The van der Waals surface area contributed by atoms with Crippen molar-refractivity contribution in [3.8, 4) is 0 Å². The first kappa shape index (κ1) is 63.8. The minimum Gasteiger partial charge on any atom is -0.466 e. The summed E-state index contributed by atoms with van der Waals surface area (Å²) in [6.45, 7) is 4.86. The molecule has 0 saturated carbocycles. The van der Waals surface area contributed by atoms with E-state index in [-0.39, 0.29) is 18.5 Å². The first-order valence-electron chi connectivity index (χ1n) is 28.9. The topological polar surface area (TPSA) is 95.9 Å². The minimum absolute atomic E-state index is 0.00245. The molecule has 0 bridgehead atoms. The Balaban J connectivity index is 3.43. The monoisotopic (exact) mass is 926 g/mol. The minimum atomic E-state index is -0.849. The zero-order chi connectivity index (χ0) is 47.9. The van der Waals surface area contributed by atoms with Crippen LogP contribution in [0.2, 0.25) is 0 Å². The number of ether oxygens (including phenoxy) is 1. The highest BCUT2D eigenvalue weighted by molar-refractivity contribution is 5.76. The maximum atomic E-state index is 12.4. The highest BCUT2D eigenvalue weighted by Gasteiger charge is 2.18. The lowest BCUT2D eigenvalue weighted by atomic mass is 10.1. The number of hydrogen-bond donors (Lipinski definition) is 3. The van der Waals surface area contributed by atoms with E-state index in [2.05, 4.69) is 55.6 Å². The number of allylic oxidation sites excluding steroid dienone is 7. The maximum absolute atomic E-state index is 12.4. The van der Waals surface area contributed by atoms with Gasteiger partial charge in [0, 0.05) is 12.8 Å². The summed E-state index contributed by atoms with van der Waals surface area (Å²) in [5, 5.41) is 22.9. The van der Waals surface area contributed by atoms with Crippen molar-refractivity contribution in [2.24, 2.45) is 0 Å². The third-order valence-electron chi connectivity index (χ3n) is 13.1. The van der Waals surface area contributed by atoms with E-state index in [1.165, 1.54) is 205 Å². The Bertz CT molecular complexity index is 1110. The number of rotatable bonds is 53. The number of hydrogen-bond acceptors (Lipinski definition) is 5. The number of nitrogens with one attached hydrogen (secondary N) is 1. The first-order valence-corrected chi connectivity index (χ1v) is 28.9. The fraction of sp³-hybridized carbons (Fsp3) is 0.833. The van der Waals surface area contributed by atoms with Gasteiger partial charge in [-0.1, -0.05) is 242 Å². The van der Waals surface area contributed by atoms with Crippen LogP contribution in [0.15, 0.2) is 48.6 Å². The van der Waals surface area contributed by atoms with Gasteiger partial charge in [-0.2, -0.15) is 0 Å². The number of aliphatic hydroxyl groups is 2. The van der Waals surface area contributed by atoms with Gasteiger partial charge in [0.05, 0.1) is 25.4 Å². The molecule has 1 amide bonds. The zero-order valence-corrected chi connectivity index (χ0v) is 43.9. The largest absolute Gasteiger partial charge is 0.466 e. The van der Waals surface area contributed by atoms with Crippen molar-refractivity contribution >= 4 is 11.9 Å². The van der Waals surface area contributed by atoms with E-state index < -0.39 is 12.1 Å². The van der Waals surface area contributed by atoms with E-state index in [1.807, 2.05) is 6.08 Å². The quantitative estimate of drug-likeness (QED) is 0.0321. The molecular formula is C60H111NO5. The lowest BCUT2D eigenvalue weighted by Gasteiger charge is -2.20. The van der Waals surface area contributed by atoms with Crippen LogP contribution in [0.25, 0.3) is 0 Å². The van der Waals surface area contributed by atoms with Crippen LogP contribution in [0, 0.1) is 0 Å². The molecule has 6 heteroatoms. The van der Waals surface area contributed by atoms with Gasteiger partial charge in [-0.25, -0.2) is 0 Å². The van der Waals surface area contributed by atoms with Gasteiger partial charge in [-0.15, -0.1) is 0 Å². The van der Waals surface area contributed by atoms with Crippen LogP contribution in [0.1, 0.15) is 296 Å². The number of amides is 1. The van der Waals surface area contributed by atoms with Crippen LogP contribution < -0.4 is 5.32 Å². The molecule has 0 aromatic rings. The second-order valence-electron chi connectivity index (χ2n) is 19.6. The lowest BCUT2D eigenvalue weighted by Crippen LogP contribution is -2.45. The molecule has 386 valence electrons. The van der Waals surface area contributed by atoms with Crippen molar-refractivity contribution < 1.29 is 24.5 Å². The van der Waals surface area contributed by atoms with Gasteiger partial charge in [-0.05, 0) is 89.9 Å². The molecule has 0 aromatic carbocycles. The van der Waals surface area contributed by atoms with Crippen LogP contribution in [-0.4, -0.2) is 47.4 Å². The lowest BCUT2D eigenvalue weighted by molar-refractivity contribution is -0.143. The Morgan fingerprint density at radius 2 is 0.758 bits per heavy atom. The molecule has 0 rings (SSSR count). The van der Waals surface area contributed by atoms with Gasteiger partial charge in [0.15, 0.2) is 0 Å². The fourth-order valence-corrected chi connectivity index (χ4v) is 8.60. The molecule has 0 spiro atoms. The maximum Gasteiger partial charge on any atom is 0.305 e. The molecule has 66 heavy (non-hydrogen) atoms. The summed E-state index contributed by atoms with van der Waals surface area (Å²) < 4.78 is 5.48. The Morgan fingerprint density at radius 3 is 1.17 bits per heavy atom. The van der Waals surface area contributed by atoms with Crippen LogP contribution >= 0.6 is 0 Å². The molecule has 0 aliphatic carbocycles. The van der Waals surface area contributed by atoms with Crippen molar-refractivity contribution in [3.05, 3.63) is 48.6 Å². The van der Waals surface area contributed by atoms with Gasteiger partial charge in [0.2, 0.25) is 5.91 Å². The summed E-state index contributed by atoms with van der Waals surface area (Å²) in [5.74, 6) is -0.0795. The molecule has 0 aliphatic rings. The molecule has 6 nitrogen and oxygen atoms in total. The number of unbranched alkanes of at least 4 members (excludes halogenated alkanes) is 36. The van der Waals surface area contributed by atoms with E-state index in [0.717, 1.165) is 64.2 Å². The summed E-state index contributed by atoms with van der Waals surface area (Å²) in [4.78, 5) is 24.4. The van der Waals surface area contributed by atoms with Crippen molar-refractivity contribution in [3.63, 3.8) is 0 Å². The summed E-state index contributed by atoms with van der Waals surface area (Å²) in [5.41, 5.74) is 0. The average Bonchev–Trinajstić information content (AvgIpc) is 3.32. The predicted octanol–water partition coefficient (Wildman–Crippen LogP) is 17.8. The van der Waals surface area contributed by atoms with Crippen molar-refractivity contribution in [2.75, 3.05) is 13.2 Å². The molecule has 2 atom stereocenters. The SMILES string of the molecule is CCCCCCCC/C=C\CCCCCCCCCC(=O)OCCCCCCCCCCC/C=C\C/C=C\CCCCCCCCCC(=O)NC(CO)C(O)/C=C/CCCCCCCCC. The number of esters is 1. The zero-order valence-electron chi connectivity index (χ0n) is 43.9. The first-order chi connectivity index (χ1) is 32.5. The molecule has 0 aromatic heterocycles. The molecule has 0 aliphatic heterocycles. The van der Waals surface area contributed by atoms with Gasteiger partial charge in [0.1, 0.15) is 0 Å². The van der Waals surface area contributed by atoms with Crippen LogP contribution in [0.5, 0.6) is 0 Å². The predicted molar refractivity (Wildman–Crippen MR) is 287 cm³/mol. The Morgan fingerprint density at radius 1 is 0.424 bits per heavy atom. The summed E-state index contributed by atoms with van der Waals surface area (Å²) in [7, 11) is 0. The van der Waals surface area contributed by atoms with E-state index in [1.54, 1.807) is 6.08 Å². The normalized spacial score (nSPS) is 13.0. The Hall–Kier alpha value is -2.18. The summed E-state index contributed by atoms with van der Waals surface area (Å²) >= 11 is 0. The molecule has 0 fully saturated rings. The molecule has 3 N–H and O–H groups in total. The van der Waals surface area contributed by atoms with Gasteiger partial charge in [0.25, 0.3) is 0 Å². The van der Waals surface area contributed by atoms with E-state index >= 15 is 0 Å². The average molecular weight is 927 g/mol. The molecule has 0 heterocycles. The van der Waals surface area contributed by atoms with Crippen molar-refractivity contribution in [2.45, 2.75) is 309 Å². The third kappa shape index (κ3) is 51.2. The summed E-state index contributed by atoms with van der Waals surface area (Å²) in [6.07, 6.45) is 70.0. The molecule has 2 unspecified atom stereocenters. The summed E-state index contributed by atoms with van der Waals surface area (Å²) in [6, 6.07) is -0.634. The molecule has 0 radical (unpaired) electrons. The van der Waals surface area contributed by atoms with Gasteiger partial charge in [-0.3, -0.25) is 9.59 Å². The Labute approximate surface area is 410 Å². The Kier molecular flexibility index (Phi) is 53.6. The highest BCUT2D eigenvalue weighted by atomic mass is 16.5. The smallest absolute Gasteiger partial charge is 0.305 e. The number of carbonyl (C=O) groups excluding carboxylic acids is 2. The van der Waals surface area contributed by atoms with E-state index in [9.17, 15) is 19.8 Å². The number of carbonyl (C=O) groups is 2. The molecule has 0 saturated heterocycles. The van der Waals surface area contributed by atoms with Crippen LogP contribution in [-0.2, 0) is 14.3 Å². The fourth-order valence-electron chi connectivity index (χ4n) is 8.60. The third-order valence-corrected chi connectivity index (χ3v) is 13.1. The van der Waals surface area contributed by atoms with E-state index in [4.69, 9.17) is 4.74 Å². The van der Waals surface area contributed by atoms with Crippen LogP contribution in [0.4, 0.5) is 0 Å². The van der Waals surface area contributed by atoms with Crippen LogP contribution in [0.3, 0.4) is 0 Å². The molecular weight excluding hydrogens is 815 g/mol. The van der Waals surface area contributed by atoms with Gasteiger partial charge >= 0.3 is 5.97 Å². The number of aliphatic hydroxyl groups excluding tert-OH is 2. The van der Waals surface area contributed by atoms with Crippen molar-refractivity contribution in [1.29, 1.82) is 0 Å². The standard InChI is InChI=1S/C60H111NO5/c1-3-5-7-9-11-13-14-15-16-24-28-31-34-38-42-46-50-54-60(65)66-55-51-47-43-39-35-32-29-26-23-21-19-17-18-20-22-25-27-30-33-37-41-45-49-53-59(64)61-57(56-62)58(63)52-48-44-40-36-12-10-8-6-4-2/h15-17,19-20,22,48,52,57-58,62-63H,3-14,18,21,23-47,49-51,53-56H2,1-2H3,(H,61,64)/b16-15-,19-17-,22-20-,52-48+. The van der Waals surface area contributed by atoms with E-state index in [0.29, 0.717) is 19.4 Å². The highest BCUT2D eigenvalue weighted by Crippen LogP contribution is 2.15. The second kappa shape index (κ2) is 55.4. The van der Waals surface area contributed by atoms with Crippen molar-refractivity contribution in [1.82, 2.24) is 5.32 Å². The second-order valence-corrected chi connectivity index (χ2v) is 19.6. The van der Waals surface area contributed by atoms with Gasteiger partial charge < -0.3 is 20.3 Å².